The van der Waals surface area contributed by atoms with Gasteiger partial charge in [0.1, 0.15) is 0 Å². The molecule has 0 bridgehead atoms. The lowest BCUT2D eigenvalue weighted by Crippen LogP contribution is -2.52. The molecule has 0 aromatic heterocycles. The van der Waals surface area contributed by atoms with E-state index < -0.39 is 0 Å². The van der Waals surface area contributed by atoms with Crippen LogP contribution in [-0.2, 0) is 10.2 Å². The van der Waals surface area contributed by atoms with Crippen molar-refractivity contribution in [3.05, 3.63) is 35.9 Å². The smallest absolute Gasteiger partial charge is 0.222 e. The van der Waals surface area contributed by atoms with E-state index in [1.165, 1.54) is 5.56 Å². The highest BCUT2D eigenvalue weighted by molar-refractivity contribution is 5.78. The largest absolute Gasteiger partial charge is 0.393 e. The number of carbonyl (C=O) groups is 1. The Morgan fingerprint density at radius 3 is 2.48 bits per heavy atom. The second-order valence-electron chi connectivity index (χ2n) is 6.91. The molecule has 1 unspecified atom stereocenters. The van der Waals surface area contributed by atoms with Gasteiger partial charge in [0.2, 0.25) is 5.91 Å². The minimum Gasteiger partial charge on any atom is -0.393 e. The lowest BCUT2D eigenvalue weighted by molar-refractivity contribution is -0.139. The number of hydrogen-bond donors (Lipinski definition) is 1. The van der Waals surface area contributed by atoms with Crippen LogP contribution < -0.4 is 0 Å². The molecular weight excluding hydrogens is 262 g/mol. The van der Waals surface area contributed by atoms with Gasteiger partial charge in [0.15, 0.2) is 0 Å². The average molecular weight is 287 g/mol. The lowest BCUT2D eigenvalue weighted by atomic mass is 9.74. The number of aliphatic hydroxyl groups excluding tert-OH is 1. The topological polar surface area (TPSA) is 40.5 Å². The molecule has 2 aliphatic rings. The Balaban J connectivity index is 1.77. The molecule has 3 heteroatoms. The van der Waals surface area contributed by atoms with Crippen LogP contribution in [0.2, 0.25) is 0 Å². The van der Waals surface area contributed by atoms with Crippen molar-refractivity contribution in [3.8, 4) is 0 Å². The van der Waals surface area contributed by atoms with Crippen molar-refractivity contribution in [2.24, 2.45) is 0 Å². The third kappa shape index (κ3) is 2.98. The van der Waals surface area contributed by atoms with E-state index in [4.69, 9.17) is 0 Å². The number of likely N-dealkylation sites (tertiary alicyclic amines) is 1. The van der Waals surface area contributed by atoms with Crippen LogP contribution in [0.4, 0.5) is 0 Å². The molecule has 1 aliphatic heterocycles. The summed E-state index contributed by atoms with van der Waals surface area (Å²) in [6.45, 7) is 3.09. The van der Waals surface area contributed by atoms with Gasteiger partial charge in [-0.2, -0.15) is 0 Å². The molecule has 0 radical (unpaired) electrons. The van der Waals surface area contributed by atoms with Crippen molar-refractivity contribution in [1.29, 1.82) is 0 Å². The predicted molar refractivity (Wildman–Crippen MR) is 83.0 cm³/mol. The van der Waals surface area contributed by atoms with Gasteiger partial charge in [-0.15, -0.1) is 0 Å². The first kappa shape index (κ1) is 14.6. The Bertz CT molecular complexity index is 493. The highest BCUT2D eigenvalue weighted by atomic mass is 16.3. The van der Waals surface area contributed by atoms with Crippen molar-refractivity contribution in [2.75, 3.05) is 6.54 Å². The Labute approximate surface area is 127 Å². The van der Waals surface area contributed by atoms with E-state index in [0.29, 0.717) is 18.4 Å². The fourth-order valence-corrected chi connectivity index (χ4v) is 3.85. The van der Waals surface area contributed by atoms with Crippen molar-refractivity contribution < 1.29 is 9.90 Å². The SMILES string of the molecule is CC1(c2ccccc2)CCC(=O)N(C2CCC(O)CC2)C1. The molecular formula is C18H25NO2. The molecule has 1 saturated carbocycles. The summed E-state index contributed by atoms with van der Waals surface area (Å²) in [6, 6.07) is 10.9. The van der Waals surface area contributed by atoms with E-state index in [9.17, 15) is 9.90 Å². The molecule has 1 aromatic rings. The van der Waals surface area contributed by atoms with Crippen LogP contribution in [0.5, 0.6) is 0 Å². The number of nitrogens with zero attached hydrogens (tertiary/aromatic N) is 1. The highest BCUT2D eigenvalue weighted by Crippen LogP contribution is 2.37. The standard InChI is InChI=1S/C18H25NO2/c1-18(14-5-3-2-4-6-14)12-11-17(21)19(13-18)15-7-9-16(20)10-8-15/h2-6,15-16,20H,7-13H2,1H3. The molecule has 21 heavy (non-hydrogen) atoms. The Kier molecular flexibility index (Phi) is 4.03. The van der Waals surface area contributed by atoms with Crippen LogP contribution in [0.25, 0.3) is 0 Å². The Morgan fingerprint density at radius 2 is 1.81 bits per heavy atom. The predicted octanol–water partition coefficient (Wildman–Crippen LogP) is 2.87. The molecule has 114 valence electrons. The minimum absolute atomic E-state index is 0.0607. The summed E-state index contributed by atoms with van der Waals surface area (Å²) in [7, 11) is 0. The van der Waals surface area contributed by atoms with Crippen molar-refractivity contribution in [2.45, 2.75) is 63.0 Å². The van der Waals surface area contributed by atoms with Crippen molar-refractivity contribution >= 4 is 5.91 Å². The van der Waals surface area contributed by atoms with E-state index in [1.807, 2.05) is 6.07 Å². The third-order valence-corrected chi connectivity index (χ3v) is 5.31. The Morgan fingerprint density at radius 1 is 1.14 bits per heavy atom. The van der Waals surface area contributed by atoms with E-state index in [-0.39, 0.29) is 11.5 Å². The van der Waals surface area contributed by atoms with Crippen LogP contribution in [0.3, 0.4) is 0 Å². The molecule has 1 amide bonds. The molecule has 1 saturated heterocycles. The van der Waals surface area contributed by atoms with Gasteiger partial charge >= 0.3 is 0 Å². The van der Waals surface area contributed by atoms with Gasteiger partial charge in [0.05, 0.1) is 6.10 Å². The highest BCUT2D eigenvalue weighted by Gasteiger charge is 2.39. The van der Waals surface area contributed by atoms with Gasteiger partial charge in [-0.05, 0) is 37.7 Å². The summed E-state index contributed by atoms with van der Waals surface area (Å²) in [6.07, 6.45) is 4.95. The molecule has 1 aromatic carbocycles. The van der Waals surface area contributed by atoms with Gasteiger partial charge in [-0.1, -0.05) is 37.3 Å². The molecule has 1 aliphatic carbocycles. The fraction of sp³-hybridized carbons (Fsp3) is 0.611. The molecule has 0 spiro atoms. The number of amides is 1. The van der Waals surface area contributed by atoms with Gasteiger partial charge in [0.25, 0.3) is 0 Å². The van der Waals surface area contributed by atoms with Gasteiger partial charge in [0, 0.05) is 24.4 Å². The zero-order chi connectivity index (χ0) is 14.9. The number of hydrogen-bond acceptors (Lipinski definition) is 2. The number of benzene rings is 1. The van der Waals surface area contributed by atoms with E-state index in [1.54, 1.807) is 0 Å². The normalized spacial score (nSPS) is 34.0. The monoisotopic (exact) mass is 287 g/mol. The first-order valence-corrected chi connectivity index (χ1v) is 8.11. The number of aliphatic hydroxyl groups is 1. The molecule has 1 N–H and O–H groups in total. The van der Waals surface area contributed by atoms with Crippen LogP contribution in [0, 0.1) is 0 Å². The average Bonchev–Trinajstić information content (AvgIpc) is 2.52. The second kappa shape index (κ2) is 5.80. The second-order valence-corrected chi connectivity index (χ2v) is 6.91. The summed E-state index contributed by atoms with van der Waals surface area (Å²) in [5.74, 6) is 0.296. The van der Waals surface area contributed by atoms with Crippen LogP contribution in [0.1, 0.15) is 51.0 Å². The van der Waals surface area contributed by atoms with Crippen LogP contribution >= 0.6 is 0 Å². The summed E-state index contributed by atoms with van der Waals surface area (Å²) in [4.78, 5) is 14.5. The van der Waals surface area contributed by atoms with Crippen molar-refractivity contribution in [1.82, 2.24) is 4.90 Å². The van der Waals surface area contributed by atoms with Crippen LogP contribution in [0.15, 0.2) is 30.3 Å². The summed E-state index contributed by atoms with van der Waals surface area (Å²) >= 11 is 0. The minimum atomic E-state index is -0.165. The Hall–Kier alpha value is -1.35. The summed E-state index contributed by atoms with van der Waals surface area (Å²) < 4.78 is 0. The number of carbonyl (C=O) groups excluding carboxylic acids is 1. The maximum absolute atomic E-state index is 12.4. The maximum Gasteiger partial charge on any atom is 0.222 e. The lowest BCUT2D eigenvalue weighted by Gasteiger charge is -2.45. The fourth-order valence-electron chi connectivity index (χ4n) is 3.85. The first-order valence-electron chi connectivity index (χ1n) is 8.11. The molecule has 1 heterocycles. The van der Waals surface area contributed by atoms with E-state index >= 15 is 0 Å². The van der Waals surface area contributed by atoms with Gasteiger partial charge in [-0.3, -0.25) is 4.79 Å². The maximum atomic E-state index is 12.4. The van der Waals surface area contributed by atoms with Crippen molar-refractivity contribution in [3.63, 3.8) is 0 Å². The van der Waals surface area contributed by atoms with E-state index in [0.717, 1.165) is 38.6 Å². The van der Waals surface area contributed by atoms with Gasteiger partial charge < -0.3 is 10.0 Å². The summed E-state index contributed by atoms with van der Waals surface area (Å²) in [5.41, 5.74) is 1.39. The summed E-state index contributed by atoms with van der Waals surface area (Å²) in [5, 5.41) is 9.67. The number of rotatable bonds is 2. The van der Waals surface area contributed by atoms with E-state index in [2.05, 4.69) is 36.1 Å². The number of piperidine rings is 1. The quantitative estimate of drug-likeness (QED) is 0.908. The molecule has 2 fully saturated rings. The zero-order valence-corrected chi connectivity index (χ0v) is 12.8. The van der Waals surface area contributed by atoms with Gasteiger partial charge in [-0.25, -0.2) is 0 Å². The molecule has 3 nitrogen and oxygen atoms in total. The first-order chi connectivity index (χ1) is 10.1. The zero-order valence-electron chi connectivity index (χ0n) is 12.8. The van der Waals surface area contributed by atoms with Crippen LogP contribution in [-0.4, -0.2) is 34.6 Å². The third-order valence-electron chi connectivity index (χ3n) is 5.31. The molecule has 3 rings (SSSR count). The molecule has 1 atom stereocenters.